The Balaban J connectivity index is -0.000000318. The first-order valence-electron chi connectivity index (χ1n) is 33.1. The Morgan fingerprint density at radius 2 is 0.225 bits per heavy atom. The average Bonchev–Trinajstić information content (AvgIpc) is 0.912. The van der Waals surface area contributed by atoms with Crippen molar-refractivity contribution in [3.63, 3.8) is 0 Å². The van der Waals surface area contributed by atoms with Gasteiger partial charge in [0.15, 0.2) is 0 Å². The standard InChI is InChI=1S/6C10H8N2.3C4H10N4.6ClHO4.3Ru/c6*1-3-7-11-9(5-1)10-6-2-4-8-12-10;3*1-3(7-5)4(2)8-6;6*2-1(3,4)5;;;/h6*1-8H;3*5-6H2,1-2H3;6*(H,2,3,4,5);;;/q;;;;;;;;;;;;;;;3*+2/p-6/b;;;;;;3*7-3+,8-4+;;;;;;;;;. The zero-order valence-corrected chi connectivity index (χ0v) is 77.1. The van der Waals surface area contributed by atoms with Crippen LogP contribution >= 0.6 is 0 Å². The fourth-order valence-electron chi connectivity index (χ4n) is 6.73. The van der Waals surface area contributed by atoms with Gasteiger partial charge in [-0.1, -0.05) is 72.8 Å². The minimum absolute atomic E-state index is 0. The van der Waals surface area contributed by atoms with Crippen LogP contribution in [0.25, 0.3) is 68.3 Å². The van der Waals surface area contributed by atoms with Crippen molar-refractivity contribution in [2.24, 2.45) is 65.7 Å². The Bertz CT molecular complexity index is 3840. The maximum atomic E-state index is 8.49. The van der Waals surface area contributed by atoms with Crippen molar-refractivity contribution in [1.82, 2.24) is 59.8 Å². The molecule has 0 radical (unpaired) electrons. The summed E-state index contributed by atoms with van der Waals surface area (Å²) in [6.07, 6.45) is 21.2. The van der Waals surface area contributed by atoms with E-state index in [9.17, 15) is 0 Å². The van der Waals surface area contributed by atoms with Crippen LogP contribution in [0.2, 0.25) is 0 Å². The molecule has 12 rings (SSSR count). The zero-order chi connectivity index (χ0) is 96.1. The van der Waals surface area contributed by atoms with Crippen molar-refractivity contribution in [3.8, 4) is 68.3 Å². The van der Waals surface area contributed by atoms with E-state index in [2.05, 4.69) is 90.4 Å². The van der Waals surface area contributed by atoms with E-state index in [1.165, 1.54) is 0 Å². The van der Waals surface area contributed by atoms with E-state index in [0.29, 0.717) is 34.3 Å². The van der Waals surface area contributed by atoms with E-state index in [4.69, 9.17) is 147 Å². The van der Waals surface area contributed by atoms with Gasteiger partial charge in [-0.3, -0.25) is 59.8 Å². The van der Waals surface area contributed by atoms with Crippen molar-refractivity contribution in [1.29, 1.82) is 0 Å². The van der Waals surface area contributed by atoms with Crippen LogP contribution in [-0.4, -0.2) is 94.1 Å². The first kappa shape index (κ1) is 129. The van der Waals surface area contributed by atoms with Crippen LogP contribution in [0.4, 0.5) is 0 Å². The van der Waals surface area contributed by atoms with Gasteiger partial charge in [0.1, 0.15) is 0 Å². The summed E-state index contributed by atoms with van der Waals surface area (Å²) < 4.78 is 204. The van der Waals surface area contributed by atoms with Gasteiger partial charge in [0.05, 0.1) is 103 Å². The van der Waals surface area contributed by atoms with Gasteiger partial charge >= 0.3 is 58.4 Å². The molecule has 12 N–H and O–H groups in total. The maximum absolute atomic E-state index is 8.49. The van der Waals surface area contributed by atoms with Crippen LogP contribution in [0.15, 0.2) is 323 Å². The molecule has 0 spiro atoms. The summed E-state index contributed by atoms with van der Waals surface area (Å²) in [6.45, 7) is 10.5. The number of rotatable bonds is 9. The fraction of sp³-hybridized carbons (Fsp3) is 0.0833. The fourth-order valence-corrected chi connectivity index (χ4v) is 6.73. The third kappa shape index (κ3) is 87.7. The van der Waals surface area contributed by atoms with Gasteiger partial charge in [-0.2, -0.15) is 30.6 Å². The summed E-state index contributed by atoms with van der Waals surface area (Å²) >= 11 is 0. The molecule has 48 nitrogen and oxygen atoms in total. The van der Waals surface area contributed by atoms with Gasteiger partial charge in [-0.25, -0.2) is 112 Å². The minimum atomic E-state index is -4.94. The smallest absolute Gasteiger partial charge is 0.323 e. The van der Waals surface area contributed by atoms with Gasteiger partial charge in [0.25, 0.3) is 0 Å². The van der Waals surface area contributed by atoms with Crippen molar-refractivity contribution >= 4 is 34.3 Å². The van der Waals surface area contributed by atoms with Crippen LogP contribution < -0.4 is 147 Å². The third-order valence-corrected chi connectivity index (χ3v) is 12.3. The molecule has 0 amide bonds. The Morgan fingerprint density at radius 3 is 0.264 bits per heavy atom. The summed E-state index contributed by atoms with van der Waals surface area (Å²) in [7, 11) is -29.7. The van der Waals surface area contributed by atoms with E-state index in [-0.39, 0.29) is 58.4 Å². The van der Waals surface area contributed by atoms with E-state index in [0.717, 1.165) is 68.3 Å². The van der Waals surface area contributed by atoms with Crippen LogP contribution in [0, 0.1) is 61.5 Å². The quantitative estimate of drug-likeness (QED) is 0.0338. The number of halogens is 6. The molecule has 0 unspecified atom stereocenters. The van der Waals surface area contributed by atoms with Gasteiger partial charge in [0.2, 0.25) is 0 Å². The van der Waals surface area contributed by atoms with Crippen LogP contribution in [0.3, 0.4) is 0 Å². The molecule has 696 valence electrons. The number of hydrogen-bond acceptors (Lipinski definition) is 48. The second-order valence-corrected chi connectivity index (χ2v) is 25.7. The number of hydrogen-bond donors (Lipinski definition) is 6. The second kappa shape index (κ2) is 75.1. The molecule has 12 aromatic heterocycles. The molecule has 0 saturated heterocycles. The number of nitrogens with zero attached hydrogens (tertiary/aromatic N) is 18. The van der Waals surface area contributed by atoms with Crippen LogP contribution in [0.1, 0.15) is 41.5 Å². The Labute approximate surface area is 788 Å². The predicted molar refractivity (Wildman–Crippen MR) is 389 cm³/mol. The van der Waals surface area contributed by atoms with E-state index >= 15 is 0 Å². The summed E-state index contributed by atoms with van der Waals surface area (Å²) in [4.78, 5) is 50.2. The average molecular weight is 2180 g/mol. The molecule has 12 heterocycles. The van der Waals surface area contributed by atoms with Crippen molar-refractivity contribution < 1.29 is 232 Å². The number of nitrogens with two attached hydrogens (primary N) is 6. The van der Waals surface area contributed by atoms with E-state index < -0.39 is 61.5 Å². The number of pyridine rings is 12. The van der Waals surface area contributed by atoms with Crippen molar-refractivity contribution in [2.75, 3.05) is 0 Å². The molecule has 0 aliphatic heterocycles. The molecule has 0 bridgehead atoms. The SMILES string of the molecule is CC(=N\N)/C(C)=N/N.CC(=N\N)/C(C)=N/N.CC(=N\N)/C(C)=N/N.[O-][Cl+3]([O-])([O-])[O-].[O-][Cl+3]([O-])([O-])[O-].[O-][Cl+3]([O-])([O-])[O-].[O-][Cl+3]([O-])([O-])[O-].[O-][Cl+3]([O-])([O-])[O-].[O-][Cl+3]([O-])([O-])[O-].[Ru+2].[Ru+2].[Ru+2].c1ccc(-c2ccccn2)nc1.c1ccc(-c2ccccn2)nc1.c1ccc(-c2ccccn2)nc1.c1ccc(-c2ccccn2)nc1.c1ccc(-c2ccccn2)nc1.c1ccc(-c2ccccn2)nc1. The molecule has 0 saturated carbocycles. The molecule has 0 aliphatic rings. The minimum Gasteiger partial charge on any atom is -0.323 e. The molecular weight excluding hydrogens is 2100 g/mol. The second-order valence-electron chi connectivity index (χ2n) is 21.1. The molecule has 0 atom stereocenters. The Morgan fingerprint density at radius 1 is 0.163 bits per heavy atom. The first-order valence-corrected chi connectivity index (χ1v) is 40.5. The molecule has 0 aliphatic carbocycles. The predicted octanol–water partition coefficient (Wildman–Crippen LogP) is -16.7. The Hall–Kier alpha value is -10.7. The molecule has 0 aromatic carbocycles. The Kier molecular flexibility index (Phi) is 75.1. The van der Waals surface area contributed by atoms with Gasteiger partial charge in [-0.15, -0.1) is 61.5 Å². The zero-order valence-electron chi connectivity index (χ0n) is 67.4. The third-order valence-electron chi connectivity index (χ3n) is 12.3. The normalized spacial score (nSPS) is 10.8. The number of hydrazone groups is 6. The van der Waals surface area contributed by atoms with Gasteiger partial charge < -0.3 is 35.1 Å². The summed E-state index contributed by atoms with van der Waals surface area (Å²) in [6, 6.07) is 69.6. The molecule has 57 heteroatoms. The molecular formula is C72H78Cl6N24O24Ru3. The van der Waals surface area contributed by atoms with E-state index in [1.54, 1.807) is 116 Å². The number of aromatic nitrogens is 12. The summed E-state index contributed by atoms with van der Waals surface area (Å²) in [5, 5.41) is 20.2. The van der Waals surface area contributed by atoms with Crippen LogP contribution in [0.5, 0.6) is 0 Å². The molecule has 0 fully saturated rings. The van der Waals surface area contributed by atoms with Crippen LogP contribution in [-0.2, 0) is 58.4 Å². The topological polar surface area (TPSA) is 938 Å². The van der Waals surface area contributed by atoms with Gasteiger partial charge in [0, 0.05) is 74.4 Å². The first-order chi connectivity index (χ1) is 59.0. The van der Waals surface area contributed by atoms with Crippen molar-refractivity contribution in [2.45, 2.75) is 41.5 Å². The monoisotopic (exact) mass is 2180 g/mol. The summed E-state index contributed by atoms with van der Waals surface area (Å²) in [5.41, 5.74) is 14.9. The van der Waals surface area contributed by atoms with E-state index in [1.807, 2.05) is 218 Å². The van der Waals surface area contributed by atoms with Gasteiger partial charge in [-0.05, 0) is 187 Å². The largest absolute Gasteiger partial charge is 2.00 e. The molecule has 129 heavy (non-hydrogen) atoms. The molecule has 12 aromatic rings. The maximum Gasteiger partial charge on any atom is 2.00 e. The van der Waals surface area contributed by atoms with Crippen molar-refractivity contribution in [3.05, 3.63) is 293 Å². The summed E-state index contributed by atoms with van der Waals surface area (Å²) in [5.74, 6) is 29.4.